The fourth-order valence-corrected chi connectivity index (χ4v) is 2.55. The van der Waals surface area contributed by atoms with E-state index in [0.29, 0.717) is 5.82 Å². The summed E-state index contributed by atoms with van der Waals surface area (Å²) in [4.78, 5) is 24.2. The lowest BCUT2D eigenvalue weighted by molar-refractivity contribution is 0.0943. The zero-order chi connectivity index (χ0) is 18.7. The van der Waals surface area contributed by atoms with E-state index in [2.05, 4.69) is 10.4 Å². The van der Waals surface area contributed by atoms with Gasteiger partial charge in [-0.05, 0) is 12.1 Å². The van der Waals surface area contributed by atoms with Crippen molar-refractivity contribution < 1.29 is 13.6 Å². The number of amides is 1. The van der Waals surface area contributed by atoms with Gasteiger partial charge in [0.1, 0.15) is 17.2 Å². The molecule has 134 valence electrons. The maximum Gasteiger partial charge on any atom is 0.345 e. The average molecular weight is 358 g/mol. The molecule has 3 rings (SSSR count). The maximum atomic E-state index is 13.6. The van der Waals surface area contributed by atoms with E-state index in [0.717, 1.165) is 17.7 Å². The molecule has 1 heterocycles. The smallest absolute Gasteiger partial charge is 0.345 e. The van der Waals surface area contributed by atoms with Gasteiger partial charge in [-0.1, -0.05) is 36.4 Å². The number of benzene rings is 2. The number of carbonyl (C=O) groups is 1. The van der Waals surface area contributed by atoms with Gasteiger partial charge in [0.25, 0.3) is 5.91 Å². The number of hydrogen-bond donors (Lipinski definition) is 1. The van der Waals surface area contributed by atoms with E-state index >= 15 is 0 Å². The molecule has 6 nitrogen and oxygen atoms in total. The van der Waals surface area contributed by atoms with Gasteiger partial charge in [-0.25, -0.2) is 18.3 Å². The highest BCUT2D eigenvalue weighted by Crippen LogP contribution is 2.14. The Morgan fingerprint density at radius 1 is 1.08 bits per heavy atom. The van der Waals surface area contributed by atoms with E-state index in [1.165, 1.54) is 15.3 Å². The summed E-state index contributed by atoms with van der Waals surface area (Å²) in [6, 6.07) is 12.4. The molecule has 0 aliphatic rings. The van der Waals surface area contributed by atoms with Crippen molar-refractivity contribution in [2.45, 2.75) is 6.54 Å². The third kappa shape index (κ3) is 3.39. The van der Waals surface area contributed by atoms with E-state index in [9.17, 15) is 18.4 Å². The molecule has 0 fully saturated rings. The van der Waals surface area contributed by atoms with Crippen LogP contribution in [0.15, 0.2) is 53.3 Å². The Balaban J connectivity index is 1.71. The van der Waals surface area contributed by atoms with Crippen LogP contribution in [-0.2, 0) is 13.6 Å². The lowest BCUT2D eigenvalue weighted by atomic mass is 10.2. The van der Waals surface area contributed by atoms with Crippen LogP contribution in [0.5, 0.6) is 0 Å². The molecule has 1 amide bonds. The summed E-state index contributed by atoms with van der Waals surface area (Å²) in [5.74, 6) is -2.28. The Kier molecular flexibility index (Phi) is 4.92. The summed E-state index contributed by atoms with van der Waals surface area (Å²) in [5, 5.41) is 6.65. The van der Waals surface area contributed by atoms with Crippen molar-refractivity contribution in [1.82, 2.24) is 19.7 Å². The SMILES string of the molecule is Cn1c(-c2ccccc2)nn(CCNC(=O)c2c(F)cccc2F)c1=O. The molecule has 0 spiro atoms. The van der Waals surface area contributed by atoms with Crippen LogP contribution in [0, 0.1) is 11.6 Å². The zero-order valence-corrected chi connectivity index (χ0v) is 13.9. The summed E-state index contributed by atoms with van der Waals surface area (Å²) in [6.07, 6.45) is 0. The van der Waals surface area contributed by atoms with Crippen molar-refractivity contribution in [3.63, 3.8) is 0 Å². The minimum atomic E-state index is -0.941. The highest BCUT2D eigenvalue weighted by Gasteiger charge is 2.17. The number of hydrogen-bond acceptors (Lipinski definition) is 3. The first-order chi connectivity index (χ1) is 12.5. The molecule has 0 unspecified atom stereocenters. The quantitative estimate of drug-likeness (QED) is 0.758. The Hall–Kier alpha value is -3.29. The summed E-state index contributed by atoms with van der Waals surface area (Å²) >= 11 is 0. The normalized spacial score (nSPS) is 10.7. The van der Waals surface area contributed by atoms with Crippen molar-refractivity contribution >= 4 is 5.91 Å². The van der Waals surface area contributed by atoms with Crippen LogP contribution in [0.25, 0.3) is 11.4 Å². The molecule has 1 aromatic heterocycles. The minimum absolute atomic E-state index is 0.00222. The number of halogens is 2. The molecule has 0 bridgehead atoms. The van der Waals surface area contributed by atoms with Crippen molar-refractivity contribution in [1.29, 1.82) is 0 Å². The Bertz CT molecular complexity index is 976. The predicted octanol–water partition coefficient (Wildman–Crippen LogP) is 1.96. The number of aromatic nitrogens is 3. The van der Waals surface area contributed by atoms with Gasteiger partial charge in [0.2, 0.25) is 0 Å². The van der Waals surface area contributed by atoms with Crippen LogP contribution >= 0.6 is 0 Å². The monoisotopic (exact) mass is 358 g/mol. The highest BCUT2D eigenvalue weighted by molar-refractivity contribution is 5.94. The standard InChI is InChI=1S/C18H16F2N4O2/c1-23-16(12-6-3-2-4-7-12)22-24(18(23)26)11-10-21-17(25)15-13(19)8-5-9-14(15)20/h2-9H,10-11H2,1H3,(H,21,25). The Labute approximate surface area is 147 Å². The van der Waals surface area contributed by atoms with Crippen LogP contribution < -0.4 is 11.0 Å². The van der Waals surface area contributed by atoms with E-state index in [-0.39, 0.29) is 18.8 Å². The van der Waals surface area contributed by atoms with E-state index in [1.54, 1.807) is 7.05 Å². The van der Waals surface area contributed by atoms with Gasteiger partial charge in [0.05, 0.1) is 6.54 Å². The lowest BCUT2D eigenvalue weighted by Crippen LogP contribution is -2.32. The third-order valence-electron chi connectivity index (χ3n) is 3.87. The number of nitrogens with zero attached hydrogens (tertiary/aromatic N) is 3. The Morgan fingerprint density at radius 3 is 2.38 bits per heavy atom. The highest BCUT2D eigenvalue weighted by atomic mass is 19.1. The van der Waals surface area contributed by atoms with Gasteiger partial charge in [-0.3, -0.25) is 9.36 Å². The number of rotatable bonds is 5. The first-order valence-corrected chi connectivity index (χ1v) is 7.90. The third-order valence-corrected chi connectivity index (χ3v) is 3.87. The second kappa shape index (κ2) is 7.30. The molecule has 0 atom stereocenters. The minimum Gasteiger partial charge on any atom is -0.350 e. The molecule has 8 heteroatoms. The average Bonchev–Trinajstić information content (AvgIpc) is 2.91. The largest absolute Gasteiger partial charge is 0.350 e. The van der Waals surface area contributed by atoms with Crippen LogP contribution in [0.3, 0.4) is 0 Å². The van der Waals surface area contributed by atoms with Gasteiger partial charge in [0.15, 0.2) is 5.82 Å². The van der Waals surface area contributed by atoms with Gasteiger partial charge < -0.3 is 5.32 Å². The molecule has 0 saturated carbocycles. The molecule has 0 aliphatic carbocycles. The van der Waals surface area contributed by atoms with Crippen LogP contribution in [-0.4, -0.2) is 26.8 Å². The first-order valence-electron chi connectivity index (χ1n) is 7.90. The van der Waals surface area contributed by atoms with Crippen molar-refractivity contribution in [3.05, 3.63) is 76.2 Å². The van der Waals surface area contributed by atoms with E-state index in [1.807, 2.05) is 30.3 Å². The van der Waals surface area contributed by atoms with Gasteiger partial charge >= 0.3 is 5.69 Å². The molecule has 3 aromatic rings. The first kappa shape index (κ1) is 17.5. The Morgan fingerprint density at radius 2 is 1.73 bits per heavy atom. The predicted molar refractivity (Wildman–Crippen MR) is 91.6 cm³/mol. The van der Waals surface area contributed by atoms with Crippen molar-refractivity contribution in [2.75, 3.05) is 6.54 Å². The summed E-state index contributed by atoms with van der Waals surface area (Å²) in [7, 11) is 1.60. The summed E-state index contributed by atoms with van der Waals surface area (Å²) < 4.78 is 29.8. The van der Waals surface area contributed by atoms with E-state index < -0.39 is 23.1 Å². The molecule has 0 aliphatic heterocycles. The second-order valence-electron chi connectivity index (χ2n) is 5.61. The van der Waals surface area contributed by atoms with Crippen LogP contribution in [0.2, 0.25) is 0 Å². The lowest BCUT2D eigenvalue weighted by Gasteiger charge is -2.06. The van der Waals surface area contributed by atoms with Gasteiger partial charge in [-0.15, -0.1) is 5.10 Å². The van der Waals surface area contributed by atoms with Crippen molar-refractivity contribution in [2.24, 2.45) is 7.05 Å². The molecule has 2 aromatic carbocycles. The molecular formula is C18H16F2N4O2. The number of nitrogens with one attached hydrogen (secondary N) is 1. The maximum absolute atomic E-state index is 13.6. The second-order valence-corrected chi connectivity index (χ2v) is 5.61. The molecular weight excluding hydrogens is 342 g/mol. The zero-order valence-electron chi connectivity index (χ0n) is 13.9. The summed E-state index contributed by atoms with van der Waals surface area (Å²) in [5.41, 5.74) is -0.218. The van der Waals surface area contributed by atoms with Crippen LogP contribution in [0.1, 0.15) is 10.4 Å². The topological polar surface area (TPSA) is 68.9 Å². The van der Waals surface area contributed by atoms with Crippen LogP contribution in [0.4, 0.5) is 8.78 Å². The molecule has 1 N–H and O–H groups in total. The van der Waals surface area contributed by atoms with Gasteiger partial charge in [0, 0.05) is 19.2 Å². The molecule has 0 saturated heterocycles. The molecule has 26 heavy (non-hydrogen) atoms. The van der Waals surface area contributed by atoms with E-state index in [4.69, 9.17) is 0 Å². The summed E-state index contributed by atoms with van der Waals surface area (Å²) in [6.45, 7) is 0.0685. The van der Waals surface area contributed by atoms with Crippen molar-refractivity contribution in [3.8, 4) is 11.4 Å². The van der Waals surface area contributed by atoms with Gasteiger partial charge in [-0.2, -0.15) is 0 Å². The number of carbonyl (C=O) groups excluding carboxylic acids is 1. The fourth-order valence-electron chi connectivity index (χ4n) is 2.55. The fraction of sp³-hybridized carbons (Fsp3) is 0.167. The molecule has 0 radical (unpaired) electrons.